The maximum atomic E-state index is 4.34. The van der Waals surface area contributed by atoms with Crippen molar-refractivity contribution in [3.8, 4) is 0 Å². The van der Waals surface area contributed by atoms with Gasteiger partial charge in [0.1, 0.15) is 5.82 Å². The van der Waals surface area contributed by atoms with E-state index < -0.39 is 0 Å². The number of imidazole rings is 1. The van der Waals surface area contributed by atoms with Gasteiger partial charge in [0, 0.05) is 18.4 Å². The third-order valence-corrected chi connectivity index (χ3v) is 3.60. The lowest BCUT2D eigenvalue weighted by Crippen LogP contribution is -2.25. The fourth-order valence-corrected chi connectivity index (χ4v) is 2.30. The first-order chi connectivity index (χ1) is 9.24. The fraction of sp³-hybridized carbons (Fsp3) is 0.438. The van der Waals surface area contributed by atoms with Gasteiger partial charge >= 0.3 is 0 Å². The van der Waals surface area contributed by atoms with Crippen LogP contribution in [-0.2, 0) is 6.42 Å². The van der Waals surface area contributed by atoms with E-state index in [0.29, 0.717) is 6.04 Å². The van der Waals surface area contributed by atoms with Crippen molar-refractivity contribution in [2.75, 3.05) is 0 Å². The van der Waals surface area contributed by atoms with Crippen molar-refractivity contribution in [3.05, 3.63) is 53.6 Å². The molecule has 102 valence electrons. The Hall–Kier alpha value is -1.61. The molecule has 0 saturated heterocycles. The second-order valence-electron chi connectivity index (χ2n) is 4.92. The number of nitrogens with one attached hydrogen (secondary N) is 2. The summed E-state index contributed by atoms with van der Waals surface area (Å²) in [6.45, 7) is 6.56. The van der Waals surface area contributed by atoms with Crippen LogP contribution in [0.2, 0.25) is 0 Å². The number of H-pyrrole nitrogens is 1. The Bertz CT molecular complexity index is 473. The summed E-state index contributed by atoms with van der Waals surface area (Å²) in [4.78, 5) is 7.53. The SMILES string of the molecule is CCc1ccc(C(C)NC(CC)c2ncc[nH]2)cc1. The minimum atomic E-state index is 0.274. The first-order valence-electron chi connectivity index (χ1n) is 7.08. The first-order valence-corrected chi connectivity index (χ1v) is 7.08. The predicted molar refractivity (Wildman–Crippen MR) is 79.0 cm³/mol. The molecular weight excluding hydrogens is 234 g/mol. The predicted octanol–water partition coefficient (Wildman–Crippen LogP) is 3.77. The molecule has 3 nitrogen and oxygen atoms in total. The molecule has 2 rings (SSSR count). The Morgan fingerprint density at radius 3 is 2.47 bits per heavy atom. The monoisotopic (exact) mass is 257 g/mol. The summed E-state index contributed by atoms with van der Waals surface area (Å²) in [5, 5.41) is 3.63. The van der Waals surface area contributed by atoms with Crippen LogP contribution in [0.15, 0.2) is 36.7 Å². The molecule has 0 aliphatic rings. The van der Waals surface area contributed by atoms with Crippen LogP contribution in [0.3, 0.4) is 0 Å². The zero-order valence-electron chi connectivity index (χ0n) is 12.0. The van der Waals surface area contributed by atoms with Crippen molar-refractivity contribution in [2.24, 2.45) is 0 Å². The quantitative estimate of drug-likeness (QED) is 0.827. The molecule has 3 heteroatoms. The highest BCUT2D eigenvalue weighted by Crippen LogP contribution is 2.20. The van der Waals surface area contributed by atoms with Crippen LogP contribution in [0.4, 0.5) is 0 Å². The molecule has 0 aliphatic carbocycles. The van der Waals surface area contributed by atoms with Gasteiger partial charge in [0.2, 0.25) is 0 Å². The summed E-state index contributed by atoms with van der Waals surface area (Å²) >= 11 is 0. The molecule has 2 N–H and O–H groups in total. The van der Waals surface area contributed by atoms with Gasteiger partial charge < -0.3 is 10.3 Å². The largest absolute Gasteiger partial charge is 0.347 e. The van der Waals surface area contributed by atoms with Crippen molar-refractivity contribution in [1.29, 1.82) is 0 Å². The maximum Gasteiger partial charge on any atom is 0.123 e. The van der Waals surface area contributed by atoms with Gasteiger partial charge in [-0.05, 0) is 30.9 Å². The summed E-state index contributed by atoms with van der Waals surface area (Å²) in [5.74, 6) is 1.01. The lowest BCUT2D eigenvalue weighted by Gasteiger charge is -2.21. The second-order valence-corrected chi connectivity index (χ2v) is 4.92. The minimum absolute atomic E-state index is 0.274. The van der Waals surface area contributed by atoms with Crippen LogP contribution in [0.25, 0.3) is 0 Å². The van der Waals surface area contributed by atoms with Crippen LogP contribution in [0.5, 0.6) is 0 Å². The van der Waals surface area contributed by atoms with Crippen LogP contribution in [0, 0.1) is 0 Å². The van der Waals surface area contributed by atoms with Gasteiger partial charge in [-0.1, -0.05) is 38.1 Å². The average molecular weight is 257 g/mol. The highest BCUT2D eigenvalue weighted by molar-refractivity contribution is 5.24. The summed E-state index contributed by atoms with van der Waals surface area (Å²) < 4.78 is 0. The van der Waals surface area contributed by atoms with Crippen molar-refractivity contribution in [1.82, 2.24) is 15.3 Å². The zero-order valence-corrected chi connectivity index (χ0v) is 12.0. The number of aryl methyl sites for hydroxylation is 1. The highest BCUT2D eigenvalue weighted by Gasteiger charge is 2.15. The molecule has 1 heterocycles. The third kappa shape index (κ3) is 3.44. The molecule has 0 bridgehead atoms. The van der Waals surface area contributed by atoms with E-state index in [1.807, 2.05) is 6.20 Å². The van der Waals surface area contributed by atoms with E-state index >= 15 is 0 Å². The van der Waals surface area contributed by atoms with Crippen molar-refractivity contribution >= 4 is 0 Å². The Balaban J connectivity index is 2.04. The zero-order chi connectivity index (χ0) is 13.7. The highest BCUT2D eigenvalue weighted by atomic mass is 15.0. The van der Waals surface area contributed by atoms with E-state index in [9.17, 15) is 0 Å². The molecule has 2 atom stereocenters. The Morgan fingerprint density at radius 1 is 1.21 bits per heavy atom. The van der Waals surface area contributed by atoms with Gasteiger partial charge in [-0.3, -0.25) is 0 Å². The number of aromatic nitrogens is 2. The first kappa shape index (κ1) is 13.8. The van der Waals surface area contributed by atoms with E-state index in [1.54, 1.807) is 6.20 Å². The Kier molecular flexibility index (Phi) is 4.74. The van der Waals surface area contributed by atoms with Crippen LogP contribution in [-0.4, -0.2) is 9.97 Å². The third-order valence-electron chi connectivity index (χ3n) is 3.60. The van der Waals surface area contributed by atoms with Crippen molar-refractivity contribution in [2.45, 2.75) is 45.7 Å². The van der Waals surface area contributed by atoms with E-state index in [2.05, 4.69) is 60.3 Å². The molecule has 1 aromatic heterocycles. The summed E-state index contributed by atoms with van der Waals surface area (Å²) in [5.41, 5.74) is 2.70. The van der Waals surface area contributed by atoms with Gasteiger partial charge in [0.25, 0.3) is 0 Å². The van der Waals surface area contributed by atoms with Crippen LogP contribution in [0.1, 0.15) is 56.2 Å². The number of aromatic amines is 1. The lowest BCUT2D eigenvalue weighted by molar-refractivity contribution is 0.441. The molecule has 1 aromatic carbocycles. The topological polar surface area (TPSA) is 40.7 Å². The van der Waals surface area contributed by atoms with Gasteiger partial charge in [-0.15, -0.1) is 0 Å². The van der Waals surface area contributed by atoms with Gasteiger partial charge in [-0.25, -0.2) is 4.98 Å². The molecule has 0 radical (unpaired) electrons. The molecule has 19 heavy (non-hydrogen) atoms. The van der Waals surface area contributed by atoms with Crippen LogP contribution < -0.4 is 5.32 Å². The van der Waals surface area contributed by atoms with Gasteiger partial charge in [0.15, 0.2) is 0 Å². The smallest absolute Gasteiger partial charge is 0.123 e. The van der Waals surface area contributed by atoms with Gasteiger partial charge in [-0.2, -0.15) is 0 Å². The van der Waals surface area contributed by atoms with E-state index in [0.717, 1.165) is 18.7 Å². The number of hydrogen-bond donors (Lipinski definition) is 2. The summed E-state index contributed by atoms with van der Waals surface area (Å²) in [6, 6.07) is 9.44. The molecule has 0 fully saturated rings. The van der Waals surface area contributed by atoms with E-state index in [-0.39, 0.29) is 6.04 Å². The normalized spacial score (nSPS) is 14.3. The number of benzene rings is 1. The Morgan fingerprint density at radius 2 is 1.95 bits per heavy atom. The molecule has 0 aliphatic heterocycles. The van der Waals surface area contributed by atoms with Gasteiger partial charge in [0.05, 0.1) is 6.04 Å². The molecule has 2 aromatic rings. The number of nitrogens with zero attached hydrogens (tertiary/aromatic N) is 1. The van der Waals surface area contributed by atoms with E-state index in [4.69, 9.17) is 0 Å². The Labute approximate surface area is 115 Å². The maximum absolute atomic E-state index is 4.34. The van der Waals surface area contributed by atoms with Crippen molar-refractivity contribution < 1.29 is 0 Å². The molecule has 0 spiro atoms. The van der Waals surface area contributed by atoms with E-state index in [1.165, 1.54) is 11.1 Å². The standard InChI is InChI=1S/C16H23N3/c1-4-13-6-8-14(9-7-13)12(3)19-15(5-2)16-17-10-11-18-16/h6-12,15,19H,4-5H2,1-3H3,(H,17,18). The molecule has 0 amide bonds. The average Bonchev–Trinajstić information content (AvgIpc) is 2.98. The minimum Gasteiger partial charge on any atom is -0.347 e. The van der Waals surface area contributed by atoms with Crippen LogP contribution >= 0.6 is 0 Å². The number of rotatable bonds is 6. The second kappa shape index (κ2) is 6.53. The van der Waals surface area contributed by atoms with Crippen molar-refractivity contribution in [3.63, 3.8) is 0 Å². The fourth-order valence-electron chi connectivity index (χ4n) is 2.30. The number of hydrogen-bond acceptors (Lipinski definition) is 2. The molecule has 2 unspecified atom stereocenters. The molecular formula is C16H23N3. The molecule has 0 saturated carbocycles. The summed E-state index contributed by atoms with van der Waals surface area (Å²) in [7, 11) is 0. The lowest BCUT2D eigenvalue weighted by atomic mass is 10.0. The summed E-state index contributed by atoms with van der Waals surface area (Å²) in [6.07, 6.45) is 5.79.